The molecule has 1 fully saturated rings. The summed E-state index contributed by atoms with van der Waals surface area (Å²) in [5.74, 6) is 1.35. The number of benzene rings is 2. The van der Waals surface area contributed by atoms with Gasteiger partial charge in [0, 0.05) is 0 Å². The van der Waals surface area contributed by atoms with Crippen molar-refractivity contribution in [3.63, 3.8) is 0 Å². The molecule has 2 aromatic rings. The molecule has 12 nitrogen and oxygen atoms in total. The molecule has 3 rings (SSSR count). The van der Waals surface area contributed by atoms with Gasteiger partial charge in [-0.3, -0.25) is 19.3 Å². The number of amides is 4. The van der Waals surface area contributed by atoms with E-state index in [0.29, 0.717) is 16.7 Å². The first-order chi connectivity index (χ1) is 16.5. The maximum Gasteiger partial charge on any atom is 0.335 e. The minimum atomic E-state index is -1.41. The summed E-state index contributed by atoms with van der Waals surface area (Å²) in [6, 6.07) is 10.1. The number of carbonyl (C=O) groups excluding carboxylic acids is 3. The van der Waals surface area contributed by atoms with Crippen LogP contribution in [0.3, 0.4) is 0 Å². The van der Waals surface area contributed by atoms with E-state index < -0.39 is 54.3 Å². The first-order valence-electron chi connectivity index (χ1n) is 10.4. The zero-order valence-electron chi connectivity index (χ0n) is 18.6. The maximum atomic E-state index is 13.1. The van der Waals surface area contributed by atoms with Crippen molar-refractivity contribution < 1.29 is 34.2 Å². The van der Waals surface area contributed by atoms with Crippen LogP contribution in [0.2, 0.25) is 0 Å². The van der Waals surface area contributed by atoms with Crippen LogP contribution in [-0.4, -0.2) is 57.7 Å². The summed E-state index contributed by atoms with van der Waals surface area (Å²) in [7, 11) is 0. The van der Waals surface area contributed by atoms with Gasteiger partial charge in [-0.1, -0.05) is 36.4 Å². The average Bonchev–Trinajstić information content (AvgIpc) is 3.03. The molecule has 0 saturated carbocycles. The van der Waals surface area contributed by atoms with Crippen molar-refractivity contribution in [1.82, 2.24) is 15.5 Å². The van der Waals surface area contributed by atoms with Crippen LogP contribution in [0, 0.1) is 0 Å². The highest BCUT2D eigenvalue weighted by molar-refractivity contribution is 6.09. The van der Waals surface area contributed by atoms with Crippen LogP contribution in [0.15, 0.2) is 53.6 Å². The number of hydrazone groups is 1. The number of hydrogen-bond donors (Lipinski definition) is 5. The minimum Gasteiger partial charge on any atom is -0.481 e. The van der Waals surface area contributed by atoms with Gasteiger partial charge in [-0.2, -0.15) is 5.10 Å². The van der Waals surface area contributed by atoms with Crippen molar-refractivity contribution in [1.29, 1.82) is 0 Å². The number of carboxylic acids is 2. The van der Waals surface area contributed by atoms with Crippen molar-refractivity contribution in [2.24, 2.45) is 10.9 Å². The number of urea groups is 1. The van der Waals surface area contributed by atoms with Crippen molar-refractivity contribution in [2.45, 2.75) is 24.9 Å². The first-order valence-corrected chi connectivity index (χ1v) is 10.4. The zero-order valence-corrected chi connectivity index (χ0v) is 18.6. The Bertz CT molecular complexity index is 1190. The van der Waals surface area contributed by atoms with E-state index in [2.05, 4.69) is 15.7 Å². The molecule has 4 amide bonds. The fraction of sp³-hybridized carbons (Fsp3) is 0.217. The molecule has 6 N–H and O–H groups in total. The van der Waals surface area contributed by atoms with Gasteiger partial charge in [-0.25, -0.2) is 9.59 Å². The third kappa shape index (κ3) is 5.43. The smallest absolute Gasteiger partial charge is 0.335 e. The number of imide groups is 1. The second-order valence-electron chi connectivity index (χ2n) is 7.99. The molecule has 1 heterocycles. The summed E-state index contributed by atoms with van der Waals surface area (Å²) >= 11 is 0. The highest BCUT2D eigenvalue weighted by atomic mass is 16.4. The second-order valence-corrected chi connectivity index (χ2v) is 7.99. The van der Waals surface area contributed by atoms with Gasteiger partial charge in [0.1, 0.15) is 12.1 Å². The van der Waals surface area contributed by atoms with Crippen LogP contribution in [-0.2, 0) is 19.9 Å². The van der Waals surface area contributed by atoms with E-state index in [1.165, 1.54) is 37.4 Å². The van der Waals surface area contributed by atoms with E-state index in [4.69, 9.17) is 10.9 Å². The lowest BCUT2D eigenvalue weighted by atomic mass is 9.91. The number of carbonyl (C=O) groups is 5. The van der Waals surface area contributed by atoms with E-state index >= 15 is 0 Å². The van der Waals surface area contributed by atoms with Crippen molar-refractivity contribution >= 4 is 36.0 Å². The molecule has 0 aromatic heterocycles. The van der Waals surface area contributed by atoms with E-state index in [0.717, 1.165) is 4.90 Å². The topological polar surface area (TPSA) is 191 Å². The molecule has 12 heteroatoms. The number of nitrogens with one attached hydrogen (secondary N) is 2. The quantitative estimate of drug-likeness (QED) is 0.150. The molecule has 0 aliphatic carbocycles. The maximum absolute atomic E-state index is 13.1. The predicted molar refractivity (Wildman–Crippen MR) is 122 cm³/mol. The highest BCUT2D eigenvalue weighted by Gasteiger charge is 2.49. The van der Waals surface area contributed by atoms with Crippen LogP contribution < -0.4 is 16.5 Å². The normalized spacial score (nSPS) is 18.4. The molecule has 2 aromatic carbocycles. The number of nitrogens with zero attached hydrogens (tertiary/aromatic N) is 2. The molecule has 0 spiro atoms. The molecule has 1 aliphatic heterocycles. The largest absolute Gasteiger partial charge is 0.481 e. The fourth-order valence-corrected chi connectivity index (χ4v) is 3.69. The zero-order chi connectivity index (χ0) is 25.8. The lowest BCUT2D eigenvalue weighted by Gasteiger charge is -2.23. The summed E-state index contributed by atoms with van der Waals surface area (Å²) in [4.78, 5) is 61.4. The molecule has 0 radical (unpaired) electrons. The van der Waals surface area contributed by atoms with E-state index in [9.17, 15) is 29.1 Å². The highest BCUT2D eigenvalue weighted by Crippen LogP contribution is 2.29. The Kier molecular flexibility index (Phi) is 7.14. The molecular formula is C23H23N5O7. The monoisotopic (exact) mass is 481 g/mol. The minimum absolute atomic E-state index is 0.00360. The average molecular weight is 481 g/mol. The molecule has 2 atom stereocenters. The number of hydrogen-bond acceptors (Lipinski definition) is 7. The third-order valence-corrected chi connectivity index (χ3v) is 5.56. The summed E-state index contributed by atoms with van der Waals surface area (Å²) in [5, 5.41) is 26.8. The third-order valence-electron chi connectivity index (χ3n) is 5.56. The molecule has 1 saturated heterocycles. The van der Waals surface area contributed by atoms with E-state index in [-0.39, 0.29) is 5.56 Å². The SMILES string of the molecule is CC1(c2ccc(C=NN)cc2)NC(=O)N(CC(=O)NC(CC(=O)O)c2ccc(C(=O)O)cc2)C1=O. The van der Waals surface area contributed by atoms with Gasteiger partial charge < -0.3 is 26.7 Å². The van der Waals surface area contributed by atoms with Crippen LogP contribution >= 0.6 is 0 Å². The Morgan fingerprint density at radius 2 is 1.74 bits per heavy atom. The van der Waals surface area contributed by atoms with Crippen LogP contribution in [0.4, 0.5) is 4.79 Å². The molecule has 2 unspecified atom stereocenters. The Labute approximate surface area is 199 Å². The van der Waals surface area contributed by atoms with Gasteiger partial charge in [0.05, 0.1) is 24.2 Å². The van der Waals surface area contributed by atoms with Gasteiger partial charge in [-0.05, 0) is 35.7 Å². The van der Waals surface area contributed by atoms with Gasteiger partial charge in [-0.15, -0.1) is 0 Å². The molecule has 1 aliphatic rings. The number of rotatable bonds is 9. The Hall–Kier alpha value is -4.74. The van der Waals surface area contributed by atoms with Crippen LogP contribution in [0.25, 0.3) is 0 Å². The van der Waals surface area contributed by atoms with Crippen molar-refractivity contribution in [2.75, 3.05) is 6.54 Å². The summed E-state index contributed by atoms with van der Waals surface area (Å²) in [6.07, 6.45) is 0.926. The van der Waals surface area contributed by atoms with Gasteiger partial charge in [0.15, 0.2) is 0 Å². The number of aromatic carboxylic acids is 1. The van der Waals surface area contributed by atoms with Crippen LogP contribution in [0.1, 0.15) is 46.4 Å². The van der Waals surface area contributed by atoms with Crippen molar-refractivity contribution in [3.8, 4) is 0 Å². The molecule has 0 bridgehead atoms. The van der Waals surface area contributed by atoms with Gasteiger partial charge >= 0.3 is 18.0 Å². The van der Waals surface area contributed by atoms with Crippen molar-refractivity contribution in [3.05, 3.63) is 70.8 Å². The molecule has 35 heavy (non-hydrogen) atoms. The standard InChI is InChI=1S/C23H23N5O7/c1-23(16-8-2-13(3-9-16)11-25-24)21(34)28(22(35)27-23)12-18(29)26-17(10-19(30)31)14-4-6-15(7-5-14)20(32)33/h2-9,11,17H,10,12,24H2,1H3,(H,26,29)(H,27,35)(H,30,31)(H,32,33). The lowest BCUT2D eigenvalue weighted by molar-refractivity contribution is -0.138. The first kappa shape index (κ1) is 24.9. The Morgan fingerprint density at radius 1 is 1.11 bits per heavy atom. The Balaban J connectivity index is 1.74. The summed E-state index contributed by atoms with van der Waals surface area (Å²) in [6.45, 7) is 0.871. The van der Waals surface area contributed by atoms with Gasteiger partial charge in [0.25, 0.3) is 5.91 Å². The Morgan fingerprint density at radius 3 is 2.29 bits per heavy atom. The van der Waals surface area contributed by atoms with Crippen LogP contribution in [0.5, 0.6) is 0 Å². The molecular weight excluding hydrogens is 458 g/mol. The molecule has 182 valence electrons. The van der Waals surface area contributed by atoms with E-state index in [1.54, 1.807) is 24.3 Å². The number of carboxylic acid groups (broad SMARTS) is 2. The van der Waals surface area contributed by atoms with E-state index in [1.807, 2.05) is 0 Å². The number of aliphatic carboxylic acids is 1. The number of nitrogens with two attached hydrogens (primary N) is 1. The lowest BCUT2D eigenvalue weighted by Crippen LogP contribution is -2.44. The van der Waals surface area contributed by atoms with Gasteiger partial charge in [0.2, 0.25) is 5.91 Å². The summed E-state index contributed by atoms with van der Waals surface area (Å²) < 4.78 is 0. The predicted octanol–water partition coefficient (Wildman–Crippen LogP) is 0.777. The fourth-order valence-electron chi connectivity index (χ4n) is 3.69. The second kappa shape index (κ2) is 10.0. The summed E-state index contributed by atoms with van der Waals surface area (Å²) in [5.41, 5.74) is 0.108.